The first-order valence-electron chi connectivity index (χ1n) is 8.03. The summed E-state index contributed by atoms with van der Waals surface area (Å²) in [6, 6.07) is 13.7. The Kier molecular flexibility index (Phi) is 4.33. The first-order chi connectivity index (χ1) is 13.5. The number of fused-ring (bicyclic) bond motifs is 1. The van der Waals surface area contributed by atoms with Gasteiger partial charge in [0.25, 0.3) is 5.69 Å². The Hall–Kier alpha value is -3.64. The van der Waals surface area contributed by atoms with Crippen LogP contribution in [0.5, 0.6) is 11.5 Å². The second-order valence-electron chi connectivity index (χ2n) is 5.92. The Labute approximate surface area is 167 Å². The summed E-state index contributed by atoms with van der Waals surface area (Å²) >= 11 is 3.40. The number of ether oxygens (including phenoxy) is 2. The number of nitro benzene ring substituents is 1. The maximum Gasteiger partial charge on any atom is 0.281 e. The van der Waals surface area contributed by atoms with E-state index in [1.165, 1.54) is 12.1 Å². The molecule has 0 spiro atoms. The van der Waals surface area contributed by atoms with E-state index in [1.807, 2.05) is 30.3 Å². The van der Waals surface area contributed by atoms with Crippen molar-refractivity contribution >= 4 is 27.4 Å². The van der Waals surface area contributed by atoms with Gasteiger partial charge in [0, 0.05) is 15.6 Å². The van der Waals surface area contributed by atoms with Gasteiger partial charge in [-0.05, 0) is 24.3 Å². The molecule has 8 nitrogen and oxygen atoms in total. The van der Waals surface area contributed by atoms with Crippen LogP contribution in [0.2, 0.25) is 0 Å². The molecule has 0 bridgehead atoms. The van der Waals surface area contributed by atoms with Crippen molar-refractivity contribution in [2.45, 2.75) is 0 Å². The zero-order valence-electron chi connectivity index (χ0n) is 14.2. The van der Waals surface area contributed by atoms with E-state index in [0.29, 0.717) is 17.0 Å². The average molecular weight is 439 g/mol. The lowest BCUT2D eigenvalue weighted by Crippen LogP contribution is -2.01. The Balaban J connectivity index is 2.00. The molecule has 0 amide bonds. The molecule has 1 aliphatic rings. The largest absolute Gasteiger partial charge is 0.454 e. The zero-order valence-corrected chi connectivity index (χ0v) is 15.8. The van der Waals surface area contributed by atoms with E-state index in [4.69, 9.17) is 15.2 Å². The van der Waals surface area contributed by atoms with Crippen LogP contribution in [0.1, 0.15) is 5.56 Å². The molecule has 28 heavy (non-hydrogen) atoms. The number of nitro groups is 1. The Morgan fingerprint density at radius 3 is 2.61 bits per heavy atom. The molecular weight excluding hydrogens is 428 g/mol. The smallest absolute Gasteiger partial charge is 0.281 e. The van der Waals surface area contributed by atoms with Crippen LogP contribution in [0.3, 0.4) is 0 Å². The highest BCUT2D eigenvalue weighted by Crippen LogP contribution is 2.44. The molecule has 138 valence electrons. The minimum Gasteiger partial charge on any atom is -0.454 e. The number of pyridine rings is 1. The van der Waals surface area contributed by atoms with Crippen LogP contribution in [0.25, 0.3) is 22.4 Å². The van der Waals surface area contributed by atoms with Gasteiger partial charge in [-0.2, -0.15) is 5.26 Å². The fraction of sp³-hybridized carbons (Fsp3) is 0.0526. The van der Waals surface area contributed by atoms with Crippen LogP contribution in [0.15, 0.2) is 46.9 Å². The van der Waals surface area contributed by atoms with Gasteiger partial charge in [-0.1, -0.05) is 28.1 Å². The highest BCUT2D eigenvalue weighted by atomic mass is 79.9. The van der Waals surface area contributed by atoms with Gasteiger partial charge in [0.15, 0.2) is 11.5 Å². The lowest BCUT2D eigenvalue weighted by Gasteiger charge is -2.11. The van der Waals surface area contributed by atoms with Crippen LogP contribution in [0, 0.1) is 21.4 Å². The Bertz CT molecular complexity index is 1170. The summed E-state index contributed by atoms with van der Waals surface area (Å²) in [6.07, 6.45) is 0. The predicted octanol–water partition coefficient (Wildman–Crippen LogP) is 4.27. The molecule has 3 aromatic rings. The van der Waals surface area contributed by atoms with E-state index in [-0.39, 0.29) is 35.2 Å². The molecule has 4 rings (SSSR count). The van der Waals surface area contributed by atoms with Gasteiger partial charge >= 0.3 is 0 Å². The minimum absolute atomic E-state index is 0.0121. The lowest BCUT2D eigenvalue weighted by atomic mass is 9.96. The number of aromatic nitrogens is 1. The van der Waals surface area contributed by atoms with Crippen LogP contribution < -0.4 is 15.2 Å². The minimum atomic E-state index is -0.534. The maximum absolute atomic E-state index is 11.7. The fourth-order valence-corrected chi connectivity index (χ4v) is 3.39. The molecule has 0 saturated heterocycles. The highest BCUT2D eigenvalue weighted by Gasteiger charge is 2.27. The number of hydrogen-bond acceptors (Lipinski definition) is 7. The van der Waals surface area contributed by atoms with Crippen LogP contribution >= 0.6 is 15.9 Å². The molecule has 1 aliphatic heterocycles. The Morgan fingerprint density at radius 1 is 1.18 bits per heavy atom. The molecule has 2 aromatic carbocycles. The maximum atomic E-state index is 11.7. The number of nitrogens with two attached hydrogens (primary N) is 1. The summed E-state index contributed by atoms with van der Waals surface area (Å²) in [4.78, 5) is 15.4. The molecule has 0 radical (unpaired) electrons. The summed E-state index contributed by atoms with van der Waals surface area (Å²) in [7, 11) is 0. The van der Waals surface area contributed by atoms with Gasteiger partial charge in [0.1, 0.15) is 17.5 Å². The standard InChI is InChI=1S/C19H11BrN4O4/c20-11-3-1-2-10(4-11)15-5-12(14(8-21)19(22)23-15)13-6-17-18(28-9-27-17)7-16(13)24(25)26/h1-7H,9H2,(H2,22,23). The topological polar surface area (TPSA) is 124 Å². The summed E-state index contributed by atoms with van der Waals surface area (Å²) < 4.78 is 11.4. The van der Waals surface area contributed by atoms with Crippen molar-refractivity contribution in [1.29, 1.82) is 5.26 Å². The van der Waals surface area contributed by atoms with Crippen LogP contribution in [-0.2, 0) is 0 Å². The SMILES string of the molecule is N#Cc1c(-c2cc3c(cc2[N+](=O)[O-])OCO3)cc(-c2cccc(Br)c2)nc1N. The van der Waals surface area contributed by atoms with Gasteiger partial charge in [0.05, 0.1) is 22.2 Å². The second kappa shape index (κ2) is 6.83. The van der Waals surface area contributed by atoms with Crippen molar-refractivity contribution in [3.63, 3.8) is 0 Å². The van der Waals surface area contributed by atoms with E-state index in [0.717, 1.165) is 10.0 Å². The monoisotopic (exact) mass is 438 g/mol. The number of nitriles is 1. The summed E-state index contributed by atoms with van der Waals surface area (Å²) in [5.74, 6) is 0.633. The molecule has 9 heteroatoms. The third-order valence-corrected chi connectivity index (χ3v) is 4.75. The van der Waals surface area contributed by atoms with Crippen LogP contribution in [0.4, 0.5) is 11.5 Å². The summed E-state index contributed by atoms with van der Waals surface area (Å²) in [5, 5.41) is 21.2. The van der Waals surface area contributed by atoms with Crippen molar-refractivity contribution in [1.82, 2.24) is 4.98 Å². The van der Waals surface area contributed by atoms with E-state index in [1.54, 1.807) is 6.07 Å². The molecule has 0 unspecified atom stereocenters. The fourth-order valence-electron chi connectivity index (χ4n) is 2.99. The number of halogens is 1. The molecule has 0 fully saturated rings. The summed E-state index contributed by atoms with van der Waals surface area (Å²) in [6.45, 7) is -0.0250. The predicted molar refractivity (Wildman–Crippen MR) is 105 cm³/mol. The van der Waals surface area contributed by atoms with Crippen molar-refractivity contribution in [3.8, 4) is 40.0 Å². The molecule has 2 N–H and O–H groups in total. The third kappa shape index (κ3) is 3.00. The van der Waals surface area contributed by atoms with Crippen molar-refractivity contribution in [2.24, 2.45) is 0 Å². The molecule has 2 heterocycles. The van der Waals surface area contributed by atoms with Gasteiger partial charge in [-0.15, -0.1) is 0 Å². The molecule has 0 atom stereocenters. The third-order valence-electron chi connectivity index (χ3n) is 4.26. The molecule has 0 saturated carbocycles. The van der Waals surface area contributed by atoms with Gasteiger partial charge < -0.3 is 15.2 Å². The molecule has 0 aliphatic carbocycles. The normalized spacial score (nSPS) is 11.9. The van der Waals surface area contributed by atoms with E-state index < -0.39 is 4.92 Å². The number of nitrogen functional groups attached to an aromatic ring is 1. The highest BCUT2D eigenvalue weighted by molar-refractivity contribution is 9.10. The van der Waals surface area contributed by atoms with Crippen LogP contribution in [-0.4, -0.2) is 16.7 Å². The van der Waals surface area contributed by atoms with Gasteiger partial charge in [-0.25, -0.2) is 4.98 Å². The van der Waals surface area contributed by atoms with E-state index in [9.17, 15) is 15.4 Å². The number of benzene rings is 2. The number of anilines is 1. The summed E-state index contributed by atoms with van der Waals surface area (Å²) in [5.41, 5.74) is 7.59. The van der Waals surface area contributed by atoms with Gasteiger partial charge in [-0.3, -0.25) is 10.1 Å². The first-order valence-corrected chi connectivity index (χ1v) is 8.82. The number of rotatable bonds is 3. The second-order valence-corrected chi connectivity index (χ2v) is 6.83. The van der Waals surface area contributed by atoms with Crippen molar-refractivity contribution < 1.29 is 14.4 Å². The number of nitrogens with zero attached hydrogens (tertiary/aromatic N) is 3. The molecule has 1 aromatic heterocycles. The lowest BCUT2D eigenvalue weighted by molar-refractivity contribution is -0.384. The Morgan fingerprint density at radius 2 is 1.93 bits per heavy atom. The molecular formula is C19H11BrN4O4. The van der Waals surface area contributed by atoms with E-state index >= 15 is 0 Å². The first kappa shape index (κ1) is 17.8. The van der Waals surface area contributed by atoms with Gasteiger partial charge in [0.2, 0.25) is 6.79 Å². The van der Waals surface area contributed by atoms with E-state index in [2.05, 4.69) is 20.9 Å². The zero-order chi connectivity index (χ0) is 19.8. The quantitative estimate of drug-likeness (QED) is 0.477. The number of hydrogen-bond donors (Lipinski definition) is 1. The van der Waals surface area contributed by atoms with Crippen molar-refractivity contribution in [3.05, 3.63) is 62.6 Å². The average Bonchev–Trinajstić information content (AvgIpc) is 3.13. The van der Waals surface area contributed by atoms with Crippen molar-refractivity contribution in [2.75, 3.05) is 12.5 Å².